The fourth-order valence-electron chi connectivity index (χ4n) is 7.60. The molecule has 386 valence electrons. The molecule has 9 aromatic rings. The van der Waals surface area contributed by atoms with Gasteiger partial charge in [-0.25, -0.2) is 29.9 Å². The van der Waals surface area contributed by atoms with Gasteiger partial charge in [-0.15, -0.1) is 0 Å². The molecule has 0 atom stereocenters. The molecule has 3 heterocycles. The molecule has 0 bridgehead atoms. The lowest BCUT2D eigenvalue weighted by Gasteiger charge is -2.21. The van der Waals surface area contributed by atoms with E-state index in [4.69, 9.17) is 13.6 Å². The van der Waals surface area contributed by atoms with Crippen LogP contribution in [0.5, 0.6) is 17.6 Å². The number of carbonyl (C=O) groups excluding carboxylic acids is 3. The van der Waals surface area contributed by atoms with Crippen LogP contribution < -0.4 is 29.5 Å². The van der Waals surface area contributed by atoms with Gasteiger partial charge in [-0.1, -0.05) is 182 Å². The number of nitrogens with one attached hydrogen (secondary N) is 3. The molecule has 20 heteroatoms. The van der Waals surface area contributed by atoms with Crippen molar-refractivity contribution < 1.29 is 45.7 Å². The van der Waals surface area contributed by atoms with Gasteiger partial charge in [-0.3, -0.25) is 14.4 Å². The highest BCUT2D eigenvalue weighted by molar-refractivity contribution is 7.49. The van der Waals surface area contributed by atoms with Gasteiger partial charge in [0.15, 0.2) is 17.1 Å². The molecular formula is C57H45F3N9O7P. The molecule has 0 spiro atoms. The van der Waals surface area contributed by atoms with E-state index in [0.717, 1.165) is 0 Å². The molecule has 0 saturated heterocycles. The van der Waals surface area contributed by atoms with Gasteiger partial charge < -0.3 is 29.5 Å². The number of nitrogens with zero attached hydrogens (tertiary/aromatic N) is 6. The first-order valence-corrected chi connectivity index (χ1v) is 25.4. The number of phosphoric acid groups is 1. The number of phosphoric ester groups is 1. The largest absolute Gasteiger partial charge is 0.651 e. The van der Waals surface area contributed by atoms with E-state index in [1.54, 1.807) is 182 Å². The molecule has 9 rings (SSSR count). The van der Waals surface area contributed by atoms with Gasteiger partial charge in [0.05, 0.1) is 0 Å². The third-order valence-corrected chi connectivity index (χ3v) is 12.6. The van der Waals surface area contributed by atoms with Crippen molar-refractivity contribution >= 4 is 25.5 Å². The molecule has 0 aliphatic carbocycles. The van der Waals surface area contributed by atoms with Crippen LogP contribution in [0.15, 0.2) is 182 Å². The van der Waals surface area contributed by atoms with Crippen molar-refractivity contribution in [1.29, 1.82) is 0 Å². The van der Waals surface area contributed by atoms with Crippen molar-refractivity contribution in [1.82, 2.24) is 45.9 Å². The van der Waals surface area contributed by atoms with Crippen molar-refractivity contribution in [3.8, 4) is 17.6 Å². The highest BCUT2D eigenvalue weighted by atomic mass is 31.2. The number of hydrogen-bond donors (Lipinski definition) is 3. The third-order valence-electron chi connectivity index (χ3n) is 11.4. The Morgan fingerprint density at radius 3 is 0.805 bits per heavy atom. The van der Waals surface area contributed by atoms with Crippen LogP contribution in [0.25, 0.3) is 0 Å². The van der Waals surface area contributed by atoms with Crippen molar-refractivity contribution in [3.05, 3.63) is 267 Å². The van der Waals surface area contributed by atoms with E-state index in [0.29, 0.717) is 33.4 Å². The van der Waals surface area contributed by atoms with Crippen LogP contribution in [0.2, 0.25) is 0 Å². The molecule has 77 heavy (non-hydrogen) atoms. The Kier molecular flexibility index (Phi) is 16.7. The van der Waals surface area contributed by atoms with Crippen molar-refractivity contribution in [3.63, 3.8) is 0 Å². The van der Waals surface area contributed by atoms with Gasteiger partial charge in [-0.05, 0) is 33.4 Å². The van der Waals surface area contributed by atoms with Crippen LogP contribution in [-0.4, -0.2) is 47.6 Å². The zero-order valence-corrected chi connectivity index (χ0v) is 41.6. The Balaban J connectivity index is 1.20. The summed E-state index contributed by atoms with van der Waals surface area (Å²) in [5.74, 6) is -9.69. The van der Waals surface area contributed by atoms with Gasteiger partial charge in [0.25, 0.3) is 35.4 Å². The lowest BCUT2D eigenvalue weighted by atomic mass is 10.1. The van der Waals surface area contributed by atoms with E-state index >= 15 is 17.7 Å². The lowest BCUT2D eigenvalue weighted by Crippen LogP contribution is -2.28. The van der Waals surface area contributed by atoms with Crippen LogP contribution in [0.1, 0.15) is 81.9 Å². The van der Waals surface area contributed by atoms with Crippen molar-refractivity contribution in [2.45, 2.75) is 38.9 Å². The summed E-state index contributed by atoms with van der Waals surface area (Å²) in [7, 11) is -5.88. The van der Waals surface area contributed by atoms with E-state index in [-0.39, 0.29) is 38.9 Å². The average Bonchev–Trinajstić information content (AvgIpc) is 3.46. The smallest absolute Gasteiger partial charge is 0.365 e. The normalized spacial score (nSPS) is 11.1. The summed E-state index contributed by atoms with van der Waals surface area (Å²) in [6.45, 7) is -0.314. The molecule has 0 aliphatic heterocycles. The Hall–Kier alpha value is -9.61. The number of hydrogen-bond acceptors (Lipinski definition) is 13. The topological polar surface area (TPSA) is 209 Å². The standard InChI is InChI=1S/C57H45F3N9O7P/c58-49-43(31-37-19-7-1-8-20-37)64-55(46(67-49)52(70)61-34-40-25-13-4-14-26-40)74-77(73,75-56-47(53(71)62-35-41-27-15-5-16-28-41)68-50(59)44(65-56)32-38-21-9-2-10-22-38)76-57-48(54(72)63-36-42-29-17-6-18-30-42)69-51(60)45(66-57)33-39-23-11-3-12-24-39/h1-30H,31-36H2,(H,61,70)(H,62,71)(H,63,72). The maximum atomic E-state index is 16.2. The minimum absolute atomic E-state index is 0.105. The molecule has 16 nitrogen and oxygen atoms in total. The van der Waals surface area contributed by atoms with Gasteiger partial charge in [0.1, 0.15) is 17.1 Å². The molecule has 0 saturated carbocycles. The summed E-state index contributed by atoms with van der Waals surface area (Å²) in [6, 6.07) is 51.5. The number of rotatable bonds is 21. The summed E-state index contributed by atoms with van der Waals surface area (Å²) in [6.07, 6.45) is -0.696. The molecule has 3 N–H and O–H groups in total. The van der Waals surface area contributed by atoms with E-state index < -0.39 is 95.2 Å². The minimum atomic E-state index is -5.88. The number of benzene rings is 6. The number of halogens is 3. The molecule has 0 unspecified atom stereocenters. The third kappa shape index (κ3) is 14.0. The highest BCUT2D eigenvalue weighted by Gasteiger charge is 2.42. The Morgan fingerprint density at radius 2 is 0.571 bits per heavy atom. The first-order chi connectivity index (χ1) is 37.4. The fourth-order valence-corrected chi connectivity index (χ4v) is 8.72. The zero-order chi connectivity index (χ0) is 53.6. The molecule has 0 aliphatic rings. The Labute approximate surface area is 439 Å². The second-order valence-corrected chi connectivity index (χ2v) is 18.5. The van der Waals surface area contributed by atoms with Gasteiger partial charge in [0.2, 0.25) is 17.8 Å². The van der Waals surface area contributed by atoms with Crippen LogP contribution in [0.4, 0.5) is 13.2 Å². The van der Waals surface area contributed by atoms with E-state index in [2.05, 4.69) is 45.9 Å². The van der Waals surface area contributed by atoms with Crippen molar-refractivity contribution in [2.75, 3.05) is 0 Å². The number of amides is 3. The van der Waals surface area contributed by atoms with Gasteiger partial charge >= 0.3 is 7.82 Å². The van der Waals surface area contributed by atoms with Gasteiger partial charge in [-0.2, -0.15) is 17.7 Å². The van der Waals surface area contributed by atoms with E-state index in [9.17, 15) is 14.4 Å². The minimum Gasteiger partial charge on any atom is -0.365 e. The SMILES string of the molecule is O=C(NCc1ccccc1)c1nc(F)c(Cc2ccccc2)nc1OP(=O)(Oc1nc(Cc2ccccc2)c(F)nc1C(=O)NCc1ccccc1)Oc1nc(Cc2ccccc2)c(F)nc1C(=O)NCc1ccccc1. The quantitative estimate of drug-likeness (QED) is 0.0573. The molecule has 0 radical (unpaired) electrons. The number of aromatic nitrogens is 6. The summed E-state index contributed by atoms with van der Waals surface area (Å²) in [5, 5.41) is 7.86. The monoisotopic (exact) mass is 1060 g/mol. The maximum Gasteiger partial charge on any atom is 0.651 e. The van der Waals surface area contributed by atoms with E-state index in [1.165, 1.54) is 0 Å². The number of carbonyl (C=O) groups is 3. The summed E-state index contributed by atoms with van der Waals surface area (Å²) < 4.78 is 83.0. The molecular weight excluding hydrogens is 1010 g/mol. The summed E-state index contributed by atoms with van der Waals surface area (Å²) in [4.78, 5) is 67.3. The average molecular weight is 1060 g/mol. The van der Waals surface area contributed by atoms with Crippen LogP contribution in [-0.2, 0) is 43.5 Å². The molecule has 3 amide bonds. The Morgan fingerprint density at radius 1 is 0.351 bits per heavy atom. The lowest BCUT2D eigenvalue weighted by molar-refractivity contribution is 0.0934. The highest BCUT2D eigenvalue weighted by Crippen LogP contribution is 2.50. The summed E-state index contributed by atoms with van der Waals surface area (Å²) in [5.41, 5.74) is -0.288. The first-order valence-electron chi connectivity index (χ1n) is 23.9. The molecule has 0 fully saturated rings. The van der Waals surface area contributed by atoms with Crippen LogP contribution in [0.3, 0.4) is 0 Å². The predicted molar refractivity (Wildman–Crippen MR) is 276 cm³/mol. The van der Waals surface area contributed by atoms with Gasteiger partial charge in [0, 0.05) is 38.9 Å². The summed E-state index contributed by atoms with van der Waals surface area (Å²) >= 11 is 0. The second-order valence-electron chi connectivity index (χ2n) is 17.1. The van der Waals surface area contributed by atoms with Crippen molar-refractivity contribution in [2.24, 2.45) is 0 Å². The molecule has 3 aromatic heterocycles. The zero-order valence-electron chi connectivity index (χ0n) is 40.7. The molecule has 6 aromatic carbocycles. The van der Waals surface area contributed by atoms with Crippen LogP contribution in [0, 0.1) is 17.8 Å². The predicted octanol–water partition coefficient (Wildman–Crippen LogP) is 9.68. The Bertz CT molecular complexity index is 3190. The fraction of sp³-hybridized carbons (Fsp3) is 0.105. The van der Waals surface area contributed by atoms with E-state index in [1.807, 2.05) is 0 Å². The second kappa shape index (κ2) is 24.6. The van der Waals surface area contributed by atoms with Crippen LogP contribution >= 0.6 is 7.82 Å². The maximum absolute atomic E-state index is 16.2. The first kappa shape index (κ1) is 52.3.